The van der Waals surface area contributed by atoms with Crippen LogP contribution in [0.2, 0.25) is 0 Å². The van der Waals surface area contributed by atoms with Gasteiger partial charge in [-0.15, -0.1) is 0 Å². The molecule has 5 nitrogen and oxygen atoms in total. The molecule has 1 amide bonds. The van der Waals surface area contributed by atoms with Crippen molar-refractivity contribution in [1.29, 1.82) is 0 Å². The number of carbonyl (C=O) groups is 3. The van der Waals surface area contributed by atoms with Gasteiger partial charge in [0, 0.05) is 6.54 Å². The van der Waals surface area contributed by atoms with Crippen molar-refractivity contribution in [2.24, 2.45) is 0 Å². The van der Waals surface area contributed by atoms with Gasteiger partial charge in [0.25, 0.3) is 11.7 Å². The van der Waals surface area contributed by atoms with Gasteiger partial charge in [-0.25, -0.2) is 4.39 Å². The van der Waals surface area contributed by atoms with Gasteiger partial charge in [0.15, 0.2) is 0 Å². The molecule has 1 aromatic rings. The standard InChI is InChI=1S/C13H12FNO4/c1-2-19-11(16)5-6-15-10-7-8(14)3-4-9(10)12(17)13(15)18/h3-4,7H,2,5-6H2,1H3. The normalized spacial score (nSPS) is 13.7. The van der Waals surface area contributed by atoms with Crippen LogP contribution in [0.5, 0.6) is 0 Å². The molecule has 0 aromatic heterocycles. The van der Waals surface area contributed by atoms with Crippen LogP contribution in [0.4, 0.5) is 10.1 Å². The summed E-state index contributed by atoms with van der Waals surface area (Å²) >= 11 is 0. The molecule has 19 heavy (non-hydrogen) atoms. The van der Waals surface area contributed by atoms with E-state index in [-0.39, 0.29) is 30.8 Å². The van der Waals surface area contributed by atoms with Gasteiger partial charge >= 0.3 is 5.97 Å². The van der Waals surface area contributed by atoms with E-state index in [1.54, 1.807) is 6.92 Å². The summed E-state index contributed by atoms with van der Waals surface area (Å²) in [4.78, 5) is 35.8. The van der Waals surface area contributed by atoms with E-state index < -0.39 is 23.5 Å². The summed E-state index contributed by atoms with van der Waals surface area (Å²) in [5.41, 5.74) is 0.370. The summed E-state index contributed by atoms with van der Waals surface area (Å²) in [7, 11) is 0. The zero-order chi connectivity index (χ0) is 14.0. The Morgan fingerprint density at radius 2 is 2.11 bits per heavy atom. The van der Waals surface area contributed by atoms with Gasteiger partial charge < -0.3 is 9.64 Å². The summed E-state index contributed by atoms with van der Waals surface area (Å²) in [5, 5.41) is 0. The lowest BCUT2D eigenvalue weighted by Gasteiger charge is -2.15. The Labute approximate surface area is 109 Å². The van der Waals surface area contributed by atoms with E-state index in [2.05, 4.69) is 0 Å². The van der Waals surface area contributed by atoms with Gasteiger partial charge in [0.2, 0.25) is 0 Å². The van der Waals surface area contributed by atoms with Crippen molar-refractivity contribution in [1.82, 2.24) is 0 Å². The SMILES string of the molecule is CCOC(=O)CCN1C(=O)C(=O)c2ccc(F)cc21. The maximum atomic E-state index is 13.2. The van der Waals surface area contributed by atoms with Crippen LogP contribution in [0.25, 0.3) is 0 Å². The summed E-state index contributed by atoms with van der Waals surface area (Å²) in [6, 6.07) is 3.51. The minimum atomic E-state index is -0.745. The first-order chi connectivity index (χ1) is 9.04. The third-order valence-electron chi connectivity index (χ3n) is 2.78. The maximum absolute atomic E-state index is 13.2. The monoisotopic (exact) mass is 265 g/mol. The van der Waals surface area contributed by atoms with Crippen LogP contribution >= 0.6 is 0 Å². The molecule has 1 heterocycles. The summed E-state index contributed by atoms with van der Waals surface area (Å²) < 4.78 is 17.9. The Hall–Kier alpha value is -2.24. The van der Waals surface area contributed by atoms with E-state index in [9.17, 15) is 18.8 Å². The highest BCUT2D eigenvalue weighted by Crippen LogP contribution is 2.29. The van der Waals surface area contributed by atoms with Gasteiger partial charge in [-0.3, -0.25) is 14.4 Å². The van der Waals surface area contributed by atoms with Gasteiger partial charge in [0.1, 0.15) is 5.82 Å². The predicted molar refractivity (Wildman–Crippen MR) is 64.3 cm³/mol. The van der Waals surface area contributed by atoms with Gasteiger partial charge in [-0.2, -0.15) is 0 Å². The molecule has 1 aliphatic rings. The van der Waals surface area contributed by atoms with Crippen molar-refractivity contribution >= 4 is 23.3 Å². The lowest BCUT2D eigenvalue weighted by atomic mass is 10.1. The molecule has 1 aliphatic heterocycles. The summed E-state index contributed by atoms with van der Waals surface area (Å²) in [6.45, 7) is 1.92. The fourth-order valence-corrected chi connectivity index (χ4v) is 1.93. The molecule has 100 valence electrons. The molecule has 0 N–H and O–H groups in total. The number of rotatable bonds is 4. The number of Topliss-reactive ketones (excluding diaryl/α,β-unsaturated/α-hetero) is 1. The second kappa shape index (κ2) is 5.17. The summed E-state index contributed by atoms with van der Waals surface area (Å²) in [6.07, 6.45) is -0.0389. The molecule has 2 rings (SSSR count). The molecule has 0 spiro atoms. The average molecular weight is 265 g/mol. The average Bonchev–Trinajstić information content (AvgIpc) is 2.60. The first-order valence-corrected chi connectivity index (χ1v) is 5.86. The highest BCUT2D eigenvalue weighted by atomic mass is 19.1. The van der Waals surface area contributed by atoms with E-state index in [0.29, 0.717) is 0 Å². The van der Waals surface area contributed by atoms with Crippen molar-refractivity contribution in [2.75, 3.05) is 18.1 Å². The molecule has 0 unspecified atom stereocenters. The lowest BCUT2D eigenvalue weighted by Crippen LogP contribution is -2.32. The first kappa shape index (κ1) is 13.2. The first-order valence-electron chi connectivity index (χ1n) is 5.86. The Kier molecular flexibility index (Phi) is 3.59. The number of carbonyl (C=O) groups excluding carboxylic acids is 3. The van der Waals surface area contributed by atoms with E-state index in [1.165, 1.54) is 6.07 Å². The molecule has 0 saturated heterocycles. The van der Waals surface area contributed by atoms with Gasteiger partial charge in [0.05, 0.1) is 24.3 Å². The molecule has 0 aliphatic carbocycles. The highest BCUT2D eigenvalue weighted by molar-refractivity contribution is 6.52. The number of esters is 1. The van der Waals surface area contributed by atoms with Crippen LogP contribution < -0.4 is 4.90 Å². The number of amides is 1. The number of benzene rings is 1. The highest BCUT2D eigenvalue weighted by Gasteiger charge is 2.36. The predicted octanol–water partition coefficient (Wildman–Crippen LogP) is 1.31. The molecule has 0 radical (unpaired) electrons. The molecular weight excluding hydrogens is 253 g/mol. The van der Waals surface area contributed by atoms with Crippen molar-refractivity contribution < 1.29 is 23.5 Å². The van der Waals surface area contributed by atoms with Crippen LogP contribution in [0.15, 0.2) is 18.2 Å². The van der Waals surface area contributed by atoms with E-state index in [1.807, 2.05) is 0 Å². The lowest BCUT2D eigenvalue weighted by molar-refractivity contribution is -0.142. The largest absolute Gasteiger partial charge is 0.466 e. The number of ether oxygens (including phenoxy) is 1. The van der Waals surface area contributed by atoms with Crippen molar-refractivity contribution in [3.05, 3.63) is 29.6 Å². The Bertz CT molecular complexity index is 556. The number of hydrogen-bond donors (Lipinski definition) is 0. The van der Waals surface area contributed by atoms with E-state index in [4.69, 9.17) is 4.74 Å². The zero-order valence-electron chi connectivity index (χ0n) is 10.3. The number of halogens is 1. The van der Waals surface area contributed by atoms with Crippen LogP contribution in [-0.2, 0) is 14.3 Å². The fourth-order valence-electron chi connectivity index (χ4n) is 1.93. The molecule has 6 heteroatoms. The topological polar surface area (TPSA) is 63.7 Å². The molecule has 0 atom stereocenters. The molecule has 0 bridgehead atoms. The second-order valence-electron chi connectivity index (χ2n) is 4.00. The number of hydrogen-bond acceptors (Lipinski definition) is 4. The van der Waals surface area contributed by atoms with Crippen molar-refractivity contribution in [2.45, 2.75) is 13.3 Å². The van der Waals surface area contributed by atoms with Gasteiger partial charge in [-0.05, 0) is 25.1 Å². The summed E-state index contributed by atoms with van der Waals surface area (Å²) in [5.74, 6) is -2.43. The Morgan fingerprint density at radius 1 is 1.37 bits per heavy atom. The third-order valence-corrected chi connectivity index (χ3v) is 2.78. The molecule has 1 aromatic carbocycles. The number of anilines is 1. The third kappa shape index (κ3) is 2.47. The van der Waals surface area contributed by atoms with Crippen LogP contribution in [-0.4, -0.2) is 30.8 Å². The smallest absolute Gasteiger partial charge is 0.307 e. The minimum absolute atomic E-state index is 0.000139. The minimum Gasteiger partial charge on any atom is -0.466 e. The van der Waals surface area contributed by atoms with E-state index >= 15 is 0 Å². The Morgan fingerprint density at radius 3 is 2.79 bits per heavy atom. The van der Waals surface area contributed by atoms with E-state index in [0.717, 1.165) is 17.0 Å². The fraction of sp³-hybridized carbons (Fsp3) is 0.308. The quantitative estimate of drug-likeness (QED) is 0.608. The van der Waals surface area contributed by atoms with Crippen LogP contribution in [0.1, 0.15) is 23.7 Å². The molecular formula is C13H12FNO4. The second-order valence-corrected chi connectivity index (χ2v) is 4.00. The maximum Gasteiger partial charge on any atom is 0.307 e. The number of ketones is 1. The van der Waals surface area contributed by atoms with Crippen molar-refractivity contribution in [3.8, 4) is 0 Å². The zero-order valence-corrected chi connectivity index (χ0v) is 10.3. The van der Waals surface area contributed by atoms with Gasteiger partial charge in [-0.1, -0.05) is 0 Å². The van der Waals surface area contributed by atoms with Crippen LogP contribution in [0, 0.1) is 5.82 Å². The van der Waals surface area contributed by atoms with Crippen LogP contribution in [0.3, 0.4) is 0 Å². The Balaban J connectivity index is 2.18. The molecule has 0 fully saturated rings. The molecule has 0 saturated carbocycles. The van der Waals surface area contributed by atoms with Crippen molar-refractivity contribution in [3.63, 3.8) is 0 Å². The number of fused-ring (bicyclic) bond motifs is 1. The number of nitrogens with zero attached hydrogens (tertiary/aromatic N) is 1.